The molecule has 8 atom stereocenters. The molecule has 2 aliphatic heterocycles. The summed E-state index contributed by atoms with van der Waals surface area (Å²) in [6, 6.07) is 12.4. The summed E-state index contributed by atoms with van der Waals surface area (Å²) >= 11 is 0. The SMILES string of the molecule is CNC1C(=O)N[C@@H](Cc2c[nH]c3ccccc23)C(=O)N[C@H](C(N)=O)CCCCN[C@@]1(CCN=C(N)N)C(=O)C[C@@H]1NC(=O)N([C@@H](Cc2cnc[nH]2)C(=O)N[C@@H](C=O)Cc2ccc3ccccc3c2)C1O. The van der Waals surface area contributed by atoms with Crippen molar-refractivity contribution in [3.63, 3.8) is 0 Å². The van der Waals surface area contributed by atoms with Gasteiger partial charge in [0.25, 0.3) is 0 Å². The third-order valence-electron chi connectivity index (χ3n) is 13.1. The second-order valence-corrected chi connectivity index (χ2v) is 17.7. The fourth-order valence-electron chi connectivity index (χ4n) is 9.46. The zero-order chi connectivity index (χ0) is 50.0. The Bertz CT molecular complexity index is 2720. The van der Waals surface area contributed by atoms with E-state index in [1.807, 2.05) is 66.7 Å². The number of aromatic nitrogens is 3. The van der Waals surface area contributed by atoms with Gasteiger partial charge in [0.05, 0.1) is 18.4 Å². The Kier molecular flexibility index (Phi) is 16.2. The predicted molar refractivity (Wildman–Crippen MR) is 259 cm³/mol. The molecule has 4 heterocycles. The number of aliphatic imine (C=N–C) groups is 1. The fraction of sp³-hybridized carbons (Fsp3) is 0.396. The number of para-hydroxylation sites is 1. The number of carbonyl (C=O) groups excluding carboxylic acids is 7. The second kappa shape index (κ2) is 22.6. The molecule has 0 spiro atoms. The number of hydrogen-bond donors (Lipinski definition) is 12. The molecule has 2 fully saturated rings. The van der Waals surface area contributed by atoms with E-state index in [2.05, 4.69) is 51.8 Å². The third-order valence-corrected chi connectivity index (χ3v) is 13.1. The van der Waals surface area contributed by atoms with E-state index in [-0.39, 0.29) is 51.2 Å². The highest BCUT2D eigenvalue weighted by Crippen LogP contribution is 2.28. The number of hydrogen-bond acceptors (Lipinski definition) is 12. The highest BCUT2D eigenvalue weighted by Gasteiger charge is 2.52. The number of nitrogens with two attached hydrogens (primary N) is 3. The van der Waals surface area contributed by atoms with Crippen LogP contribution in [0.3, 0.4) is 0 Å². The van der Waals surface area contributed by atoms with E-state index in [4.69, 9.17) is 17.2 Å². The molecule has 0 radical (unpaired) electrons. The molecule has 7 rings (SSSR count). The number of ketones is 1. The first-order valence-electron chi connectivity index (χ1n) is 23.1. The first kappa shape index (κ1) is 50.2. The molecule has 0 saturated carbocycles. The average Bonchev–Trinajstić information content (AvgIpc) is 4.08. The molecule has 3 aromatic carbocycles. The smallest absolute Gasteiger partial charge is 0.320 e. The highest BCUT2D eigenvalue weighted by molar-refractivity contribution is 6.00. The number of amides is 6. The van der Waals surface area contributed by atoms with Crippen molar-refractivity contribution >= 4 is 69.4 Å². The Morgan fingerprint density at radius 1 is 0.957 bits per heavy atom. The van der Waals surface area contributed by atoms with Crippen LogP contribution in [0.1, 0.15) is 48.9 Å². The van der Waals surface area contributed by atoms with Crippen LogP contribution in [0.15, 0.2) is 90.4 Å². The third kappa shape index (κ3) is 11.6. The van der Waals surface area contributed by atoms with E-state index in [9.17, 15) is 33.9 Å². The number of aliphatic hydroxyl groups is 1. The summed E-state index contributed by atoms with van der Waals surface area (Å²) in [7, 11) is 1.46. The number of nitrogens with one attached hydrogen (secondary N) is 8. The number of benzene rings is 3. The van der Waals surface area contributed by atoms with Crippen molar-refractivity contribution in [2.24, 2.45) is 22.2 Å². The van der Waals surface area contributed by atoms with Crippen molar-refractivity contribution in [1.29, 1.82) is 0 Å². The van der Waals surface area contributed by atoms with Crippen LogP contribution in [0.25, 0.3) is 21.7 Å². The molecule has 70 heavy (non-hydrogen) atoms. The molecule has 0 bridgehead atoms. The number of aldehydes is 1. The lowest BCUT2D eigenvalue weighted by molar-refractivity contribution is -0.137. The molecule has 2 aliphatic rings. The van der Waals surface area contributed by atoms with Crippen LogP contribution in [-0.4, -0.2) is 141 Å². The number of aliphatic hydroxyl groups excluding tert-OH is 1. The molecule has 0 aliphatic carbocycles. The van der Waals surface area contributed by atoms with Gasteiger partial charge in [0, 0.05) is 54.8 Å². The molecular weight excluding hydrogens is 901 g/mol. The van der Waals surface area contributed by atoms with E-state index < -0.39 is 89.9 Å². The van der Waals surface area contributed by atoms with Crippen molar-refractivity contribution < 1.29 is 38.7 Å². The summed E-state index contributed by atoms with van der Waals surface area (Å²) in [5, 5.41) is 32.0. The number of carbonyl (C=O) groups is 7. The molecule has 15 N–H and O–H groups in total. The number of primary amides is 1. The maximum absolute atomic E-state index is 15.2. The van der Waals surface area contributed by atoms with E-state index >= 15 is 4.79 Å². The molecule has 6 amide bonds. The van der Waals surface area contributed by atoms with Gasteiger partial charge < -0.3 is 69.0 Å². The van der Waals surface area contributed by atoms with E-state index in [0.717, 1.165) is 32.1 Å². The van der Waals surface area contributed by atoms with E-state index in [0.29, 0.717) is 30.4 Å². The highest BCUT2D eigenvalue weighted by atomic mass is 16.3. The number of Topliss-reactive ketones (excluding diaryl/α,β-unsaturated/α-hetero) is 1. The van der Waals surface area contributed by atoms with Crippen LogP contribution in [0.2, 0.25) is 0 Å². The number of aromatic amines is 2. The van der Waals surface area contributed by atoms with Crippen molar-refractivity contribution in [2.75, 3.05) is 20.1 Å². The zero-order valence-electron chi connectivity index (χ0n) is 38.7. The minimum atomic E-state index is -1.87. The lowest BCUT2D eigenvalue weighted by Gasteiger charge is -2.40. The van der Waals surface area contributed by atoms with Crippen molar-refractivity contribution in [2.45, 2.75) is 99.4 Å². The van der Waals surface area contributed by atoms with Crippen LogP contribution < -0.4 is 49.1 Å². The fourth-order valence-corrected chi connectivity index (χ4v) is 9.46. The number of guanidine groups is 1. The first-order valence-corrected chi connectivity index (χ1v) is 23.1. The lowest BCUT2D eigenvalue weighted by Crippen LogP contribution is -2.70. The van der Waals surface area contributed by atoms with Crippen LogP contribution >= 0.6 is 0 Å². The summed E-state index contributed by atoms with van der Waals surface area (Å²) in [6.07, 6.45) is 3.42. The molecule has 370 valence electrons. The molecule has 2 aromatic heterocycles. The van der Waals surface area contributed by atoms with Crippen molar-refractivity contribution in [1.82, 2.24) is 51.8 Å². The lowest BCUT2D eigenvalue weighted by atomic mass is 9.78. The topological polar surface area (TPSA) is 350 Å². The Balaban J connectivity index is 1.17. The van der Waals surface area contributed by atoms with Gasteiger partial charge in [-0.25, -0.2) is 9.78 Å². The van der Waals surface area contributed by atoms with E-state index in [1.165, 1.54) is 19.6 Å². The van der Waals surface area contributed by atoms with Gasteiger partial charge in [0.2, 0.25) is 23.6 Å². The number of rotatable bonds is 18. The maximum Gasteiger partial charge on any atom is 0.320 e. The number of nitrogens with zero attached hydrogens (tertiary/aromatic N) is 3. The van der Waals surface area contributed by atoms with Crippen LogP contribution in [-0.2, 0) is 48.0 Å². The van der Waals surface area contributed by atoms with Crippen molar-refractivity contribution in [3.05, 3.63) is 102 Å². The molecule has 22 heteroatoms. The van der Waals surface area contributed by atoms with Gasteiger partial charge in [0.15, 0.2) is 18.0 Å². The Labute approximate surface area is 402 Å². The van der Waals surface area contributed by atoms with Gasteiger partial charge in [0.1, 0.15) is 36.0 Å². The minimum Gasteiger partial charge on any atom is -0.371 e. The van der Waals surface area contributed by atoms with Gasteiger partial charge in [-0.1, -0.05) is 60.7 Å². The molecule has 5 aromatic rings. The largest absolute Gasteiger partial charge is 0.371 e. The molecular formula is C48H60N14O8. The molecule has 2 unspecified atom stereocenters. The second-order valence-electron chi connectivity index (χ2n) is 17.7. The first-order chi connectivity index (χ1) is 33.7. The number of fused-ring (bicyclic) bond motifs is 2. The number of H-pyrrole nitrogens is 2. The Morgan fingerprint density at radius 3 is 2.46 bits per heavy atom. The summed E-state index contributed by atoms with van der Waals surface area (Å²) in [5.74, 6) is -3.92. The van der Waals surface area contributed by atoms with Gasteiger partial charge >= 0.3 is 6.03 Å². The van der Waals surface area contributed by atoms with Gasteiger partial charge in [-0.2, -0.15) is 0 Å². The van der Waals surface area contributed by atoms with Gasteiger partial charge in [-0.05, 0) is 73.7 Å². The van der Waals surface area contributed by atoms with Crippen LogP contribution in [0.5, 0.6) is 0 Å². The number of urea groups is 1. The summed E-state index contributed by atoms with van der Waals surface area (Å²) in [5.41, 5.74) is 18.0. The predicted octanol–water partition coefficient (Wildman–Crippen LogP) is -0.986. The normalized spacial score (nSPS) is 23.1. The monoisotopic (exact) mass is 960 g/mol. The molecule has 22 nitrogen and oxygen atoms in total. The summed E-state index contributed by atoms with van der Waals surface area (Å²) in [6.45, 7) is -0.0583. The Morgan fingerprint density at radius 2 is 1.73 bits per heavy atom. The van der Waals surface area contributed by atoms with Crippen LogP contribution in [0, 0.1) is 0 Å². The number of likely N-dealkylation sites (N-methyl/N-ethyl adjacent to an activating group) is 1. The summed E-state index contributed by atoms with van der Waals surface area (Å²) in [4.78, 5) is 113. The Hall–Kier alpha value is -7.69. The summed E-state index contributed by atoms with van der Waals surface area (Å²) < 4.78 is 0. The van der Waals surface area contributed by atoms with Crippen molar-refractivity contribution in [3.8, 4) is 0 Å². The maximum atomic E-state index is 15.2. The van der Waals surface area contributed by atoms with E-state index in [1.54, 1.807) is 6.20 Å². The van der Waals surface area contributed by atoms with Gasteiger partial charge in [-0.3, -0.25) is 33.9 Å². The minimum absolute atomic E-state index is 0.0215. The standard InChI is InChI=1S/C48H60N14O8/c1-52-40-44(68)60-36(20-30-23-55-34-11-5-4-10-33(30)34)42(66)59-35(41(49)65)12-6-7-16-57-48(40,15-17-54-46(50)51)39(64)22-37-45(69)62(47(70)61-37)38(21-31-24-53-26-56-31)43(67)58-32(25-63)19-27-13-14-28-8-2-3-9-29(28)18-27/h2-5,8-11,13-14,18,23-26,32,35-38,40,45,52,55,57,69H,6-7,12,15-17,19-22H2,1H3,(H2,49,65)(H,53,56)(H,58,67)(H,59,66)(H,60,68)(H,61,70)(H4,50,51,54)/t32-,35+,36+,37+,38+,40?,45?,48+/m1/s1. The molecule has 2 saturated heterocycles. The number of imidazole rings is 1. The van der Waals surface area contributed by atoms with Gasteiger partial charge in [-0.15, -0.1) is 0 Å². The zero-order valence-corrected chi connectivity index (χ0v) is 38.7. The average molecular weight is 961 g/mol. The quantitative estimate of drug-likeness (QED) is 0.0286. The van der Waals surface area contributed by atoms with Crippen LogP contribution in [0.4, 0.5) is 4.79 Å².